The number of carboxylic acids is 1. The molecule has 110 valence electrons. The minimum absolute atomic E-state index is 0.0272. The van der Waals surface area contributed by atoms with Crippen LogP contribution in [0, 0.1) is 5.92 Å². The number of ether oxygens (including phenoxy) is 2. The van der Waals surface area contributed by atoms with Crippen molar-refractivity contribution in [2.24, 2.45) is 11.7 Å². The number of hydrogen-bond donors (Lipinski definition) is 2. The zero-order valence-electron chi connectivity index (χ0n) is 11.7. The maximum Gasteiger partial charge on any atom is 0.320 e. The average molecular weight is 280 g/mol. The van der Waals surface area contributed by atoms with Crippen molar-refractivity contribution in [2.45, 2.75) is 12.5 Å². The van der Waals surface area contributed by atoms with Crippen molar-refractivity contribution in [3.05, 3.63) is 18.2 Å². The predicted molar refractivity (Wildman–Crippen MR) is 75.5 cm³/mol. The fraction of sp³-hybridized carbons (Fsp3) is 0.500. The van der Waals surface area contributed by atoms with Gasteiger partial charge in [0.1, 0.15) is 6.04 Å². The van der Waals surface area contributed by atoms with Crippen LogP contribution < -0.4 is 20.1 Å². The molecular weight excluding hydrogens is 260 g/mol. The molecule has 1 fully saturated rings. The van der Waals surface area contributed by atoms with Gasteiger partial charge in [0.2, 0.25) is 0 Å². The highest BCUT2D eigenvalue weighted by molar-refractivity contribution is 5.74. The number of carboxylic acid groups (broad SMARTS) is 1. The van der Waals surface area contributed by atoms with Gasteiger partial charge in [-0.1, -0.05) is 0 Å². The molecule has 0 saturated carbocycles. The lowest BCUT2D eigenvalue weighted by Gasteiger charge is -2.21. The van der Waals surface area contributed by atoms with Crippen LogP contribution in [0.15, 0.2) is 18.2 Å². The SMILES string of the molecule is COc1ccc(N2CCC(C(N)C(=O)O)C2)cc1OC. The van der Waals surface area contributed by atoms with E-state index in [1.165, 1.54) is 0 Å². The van der Waals surface area contributed by atoms with Crippen LogP contribution in [0.4, 0.5) is 5.69 Å². The van der Waals surface area contributed by atoms with Gasteiger partial charge in [-0.25, -0.2) is 0 Å². The number of anilines is 1. The van der Waals surface area contributed by atoms with Crippen molar-refractivity contribution in [3.8, 4) is 11.5 Å². The van der Waals surface area contributed by atoms with E-state index >= 15 is 0 Å². The van der Waals surface area contributed by atoms with Gasteiger partial charge in [-0.05, 0) is 18.6 Å². The minimum atomic E-state index is -0.941. The Hall–Kier alpha value is -1.95. The van der Waals surface area contributed by atoms with Crippen LogP contribution in [-0.2, 0) is 4.79 Å². The lowest BCUT2D eigenvalue weighted by molar-refractivity contribution is -0.139. The highest BCUT2D eigenvalue weighted by Crippen LogP contribution is 2.33. The van der Waals surface area contributed by atoms with E-state index in [2.05, 4.69) is 4.90 Å². The molecule has 0 radical (unpaired) electrons. The van der Waals surface area contributed by atoms with Crippen LogP contribution in [0.3, 0.4) is 0 Å². The molecular formula is C14H20N2O4. The van der Waals surface area contributed by atoms with Crippen LogP contribution in [0.25, 0.3) is 0 Å². The lowest BCUT2D eigenvalue weighted by atomic mass is 10.0. The highest BCUT2D eigenvalue weighted by Gasteiger charge is 2.31. The quantitative estimate of drug-likeness (QED) is 0.835. The topological polar surface area (TPSA) is 85.0 Å². The van der Waals surface area contributed by atoms with Gasteiger partial charge < -0.3 is 25.2 Å². The Morgan fingerprint density at radius 3 is 2.70 bits per heavy atom. The maximum absolute atomic E-state index is 10.9. The average Bonchev–Trinajstić information content (AvgIpc) is 2.95. The summed E-state index contributed by atoms with van der Waals surface area (Å²) in [5.74, 6) is 0.370. The largest absolute Gasteiger partial charge is 0.493 e. The van der Waals surface area contributed by atoms with Crippen molar-refractivity contribution >= 4 is 11.7 Å². The number of benzene rings is 1. The first-order valence-corrected chi connectivity index (χ1v) is 6.52. The smallest absolute Gasteiger partial charge is 0.320 e. The molecule has 3 N–H and O–H groups in total. The summed E-state index contributed by atoms with van der Waals surface area (Å²) in [5.41, 5.74) is 6.68. The second kappa shape index (κ2) is 6.00. The Kier molecular flexibility index (Phi) is 4.34. The number of hydrogen-bond acceptors (Lipinski definition) is 5. The van der Waals surface area contributed by atoms with E-state index in [1.807, 2.05) is 18.2 Å². The number of methoxy groups -OCH3 is 2. The number of nitrogens with zero attached hydrogens (tertiary/aromatic N) is 1. The summed E-state index contributed by atoms with van der Waals surface area (Å²) in [6.45, 7) is 1.43. The number of aliphatic carboxylic acids is 1. The van der Waals surface area contributed by atoms with E-state index in [0.717, 1.165) is 18.7 Å². The first kappa shape index (κ1) is 14.5. The predicted octanol–water partition coefficient (Wildman–Crippen LogP) is 0.942. The van der Waals surface area contributed by atoms with Crippen molar-refractivity contribution in [2.75, 3.05) is 32.2 Å². The van der Waals surface area contributed by atoms with Crippen molar-refractivity contribution in [3.63, 3.8) is 0 Å². The lowest BCUT2D eigenvalue weighted by Crippen LogP contribution is -2.39. The first-order valence-electron chi connectivity index (χ1n) is 6.52. The minimum Gasteiger partial charge on any atom is -0.493 e. The van der Waals surface area contributed by atoms with Crippen LogP contribution in [0.1, 0.15) is 6.42 Å². The molecule has 2 atom stereocenters. The maximum atomic E-state index is 10.9. The Bertz CT molecular complexity index is 492. The summed E-state index contributed by atoms with van der Waals surface area (Å²) in [6.07, 6.45) is 0.780. The summed E-state index contributed by atoms with van der Waals surface area (Å²) in [7, 11) is 3.18. The molecule has 0 amide bonds. The number of carbonyl (C=O) groups is 1. The Morgan fingerprint density at radius 2 is 2.10 bits per heavy atom. The molecule has 6 heteroatoms. The van der Waals surface area contributed by atoms with E-state index in [0.29, 0.717) is 18.0 Å². The van der Waals surface area contributed by atoms with E-state index in [4.69, 9.17) is 20.3 Å². The normalized spacial score (nSPS) is 19.8. The fourth-order valence-corrected chi connectivity index (χ4v) is 2.54. The monoisotopic (exact) mass is 280 g/mol. The standard InChI is InChI=1S/C14H20N2O4/c1-19-11-4-3-10(7-12(11)20-2)16-6-5-9(8-16)13(15)14(17)18/h3-4,7,9,13H,5-6,8,15H2,1-2H3,(H,17,18). The zero-order valence-corrected chi connectivity index (χ0v) is 11.7. The molecule has 6 nitrogen and oxygen atoms in total. The van der Waals surface area contributed by atoms with Gasteiger partial charge in [-0.15, -0.1) is 0 Å². The molecule has 0 aromatic heterocycles. The molecule has 1 aliphatic rings. The highest BCUT2D eigenvalue weighted by atomic mass is 16.5. The van der Waals surface area contributed by atoms with Gasteiger partial charge in [0, 0.05) is 30.8 Å². The third-order valence-electron chi connectivity index (χ3n) is 3.75. The van der Waals surface area contributed by atoms with Crippen LogP contribution in [-0.4, -0.2) is 44.4 Å². The number of nitrogens with two attached hydrogens (primary N) is 1. The Morgan fingerprint density at radius 1 is 1.40 bits per heavy atom. The van der Waals surface area contributed by atoms with Gasteiger partial charge in [-0.3, -0.25) is 4.79 Å². The molecule has 0 spiro atoms. The van der Waals surface area contributed by atoms with Gasteiger partial charge >= 0.3 is 5.97 Å². The molecule has 1 aromatic carbocycles. The zero-order chi connectivity index (χ0) is 14.7. The molecule has 2 rings (SSSR count). The third kappa shape index (κ3) is 2.80. The van der Waals surface area contributed by atoms with Gasteiger partial charge in [0.05, 0.1) is 14.2 Å². The second-order valence-electron chi connectivity index (χ2n) is 4.90. The van der Waals surface area contributed by atoms with Crippen molar-refractivity contribution in [1.29, 1.82) is 0 Å². The van der Waals surface area contributed by atoms with Crippen molar-refractivity contribution < 1.29 is 19.4 Å². The molecule has 1 aromatic rings. The molecule has 1 heterocycles. The summed E-state index contributed by atoms with van der Waals surface area (Å²) in [5, 5.41) is 8.97. The fourth-order valence-electron chi connectivity index (χ4n) is 2.54. The van der Waals surface area contributed by atoms with E-state index in [-0.39, 0.29) is 5.92 Å². The van der Waals surface area contributed by atoms with Crippen LogP contribution >= 0.6 is 0 Å². The van der Waals surface area contributed by atoms with Crippen molar-refractivity contribution in [1.82, 2.24) is 0 Å². The van der Waals surface area contributed by atoms with E-state index in [1.54, 1.807) is 14.2 Å². The molecule has 1 aliphatic heterocycles. The van der Waals surface area contributed by atoms with Gasteiger partial charge in [0.15, 0.2) is 11.5 Å². The summed E-state index contributed by atoms with van der Waals surface area (Å²) < 4.78 is 10.5. The molecule has 0 bridgehead atoms. The van der Waals surface area contributed by atoms with Gasteiger partial charge in [0.25, 0.3) is 0 Å². The van der Waals surface area contributed by atoms with E-state index < -0.39 is 12.0 Å². The van der Waals surface area contributed by atoms with Crippen LogP contribution in [0.5, 0.6) is 11.5 Å². The Labute approximate surface area is 118 Å². The number of rotatable bonds is 5. The molecule has 2 unspecified atom stereocenters. The molecule has 0 aliphatic carbocycles. The molecule has 20 heavy (non-hydrogen) atoms. The van der Waals surface area contributed by atoms with E-state index in [9.17, 15) is 4.79 Å². The summed E-state index contributed by atoms with van der Waals surface area (Å²) >= 11 is 0. The Balaban J connectivity index is 2.12. The first-order chi connectivity index (χ1) is 9.56. The second-order valence-corrected chi connectivity index (χ2v) is 4.90. The summed E-state index contributed by atoms with van der Waals surface area (Å²) in [4.78, 5) is 13.1. The molecule has 1 saturated heterocycles. The van der Waals surface area contributed by atoms with Gasteiger partial charge in [-0.2, -0.15) is 0 Å². The summed E-state index contributed by atoms with van der Waals surface area (Å²) in [6, 6.07) is 4.88. The third-order valence-corrected chi connectivity index (χ3v) is 3.75. The van der Waals surface area contributed by atoms with Crippen LogP contribution in [0.2, 0.25) is 0 Å².